The smallest absolute Gasteiger partial charge is 0.423 e. The molecule has 0 aliphatic rings. The minimum absolute atomic E-state index is 0.486. The van der Waals surface area contributed by atoms with Crippen LogP contribution in [0.15, 0.2) is 84.9 Å². The van der Waals surface area contributed by atoms with Gasteiger partial charge in [0, 0.05) is 21.8 Å². The maximum absolute atomic E-state index is 9.38. The molecule has 0 radical (unpaired) electrons. The van der Waals surface area contributed by atoms with E-state index in [0.717, 1.165) is 11.2 Å². The third-order valence-electron chi connectivity index (χ3n) is 5.01. The van der Waals surface area contributed by atoms with Gasteiger partial charge in [-0.3, -0.25) is 0 Å². The molecule has 1 aromatic heterocycles. The van der Waals surface area contributed by atoms with E-state index < -0.39 is 7.12 Å². The topological polar surface area (TPSA) is 45.4 Å². The fourth-order valence-corrected chi connectivity index (χ4v) is 3.79. The molecule has 5 rings (SSSR count). The highest BCUT2D eigenvalue weighted by molar-refractivity contribution is 6.58. The second kappa shape index (κ2) is 7.51. The van der Waals surface area contributed by atoms with Gasteiger partial charge in [-0.15, -0.1) is 0 Å². The number of benzene rings is 4. The lowest BCUT2D eigenvalue weighted by molar-refractivity contribution is 0.426. The van der Waals surface area contributed by atoms with Crippen molar-refractivity contribution in [1.82, 2.24) is 4.57 Å². The summed E-state index contributed by atoms with van der Waals surface area (Å²) in [4.78, 5) is 0. The van der Waals surface area contributed by atoms with Gasteiger partial charge in [-0.05, 0) is 29.0 Å². The van der Waals surface area contributed by atoms with E-state index in [0.29, 0.717) is 5.46 Å². The molecule has 1 heterocycles. The molecule has 0 saturated heterocycles. The predicted molar refractivity (Wildman–Crippen MR) is 119 cm³/mol. The Morgan fingerprint density at radius 2 is 1.29 bits per heavy atom. The van der Waals surface area contributed by atoms with E-state index >= 15 is 0 Å². The number of aromatic nitrogens is 1. The molecule has 2 N–H and O–H groups in total. The van der Waals surface area contributed by atoms with Crippen molar-refractivity contribution in [1.29, 1.82) is 0 Å². The zero-order valence-corrected chi connectivity index (χ0v) is 16.0. The van der Waals surface area contributed by atoms with Crippen molar-refractivity contribution < 1.29 is 10.0 Å². The van der Waals surface area contributed by atoms with Gasteiger partial charge in [-0.25, -0.2) is 0 Å². The summed E-state index contributed by atoms with van der Waals surface area (Å²) in [6.45, 7) is 4.00. The molecule has 0 bridgehead atoms. The molecular weight excluding hydrogens is 345 g/mol. The van der Waals surface area contributed by atoms with Gasteiger partial charge in [0.05, 0.1) is 11.0 Å². The molecule has 0 fully saturated rings. The summed E-state index contributed by atoms with van der Waals surface area (Å²) < 4.78 is 2.25. The average molecular weight is 367 g/mol. The summed E-state index contributed by atoms with van der Waals surface area (Å²) in [6, 6.07) is 28.5. The summed E-state index contributed by atoms with van der Waals surface area (Å²) in [5.74, 6) is 0. The van der Waals surface area contributed by atoms with Crippen LogP contribution in [0.25, 0.3) is 38.3 Å². The van der Waals surface area contributed by atoms with Crippen LogP contribution in [-0.2, 0) is 0 Å². The van der Waals surface area contributed by atoms with Crippen LogP contribution in [0.5, 0.6) is 0 Å². The molecule has 3 nitrogen and oxygen atoms in total. The van der Waals surface area contributed by atoms with Gasteiger partial charge in [-0.2, -0.15) is 0 Å². The fourth-order valence-electron chi connectivity index (χ4n) is 3.79. The Morgan fingerprint density at radius 1 is 0.643 bits per heavy atom. The van der Waals surface area contributed by atoms with Gasteiger partial charge in [0.15, 0.2) is 0 Å². The first-order valence-corrected chi connectivity index (χ1v) is 9.61. The normalized spacial score (nSPS) is 10.9. The first-order chi connectivity index (χ1) is 13.7. The van der Waals surface area contributed by atoms with Crippen LogP contribution < -0.4 is 5.46 Å². The highest BCUT2D eigenvalue weighted by Crippen LogP contribution is 2.36. The number of fused-ring (bicyclic) bond motifs is 5. The first-order valence-electron chi connectivity index (χ1n) is 9.61. The van der Waals surface area contributed by atoms with Crippen molar-refractivity contribution in [3.8, 4) is 5.69 Å². The molecule has 138 valence electrons. The Morgan fingerprint density at radius 3 is 2.00 bits per heavy atom. The summed E-state index contributed by atoms with van der Waals surface area (Å²) in [6.07, 6.45) is 0. The third kappa shape index (κ3) is 2.87. The average Bonchev–Trinajstić information content (AvgIpc) is 3.10. The zero-order chi connectivity index (χ0) is 19.7. The molecule has 0 unspecified atom stereocenters. The van der Waals surface area contributed by atoms with Crippen LogP contribution in [0.3, 0.4) is 0 Å². The Hall–Kier alpha value is -3.08. The molecule has 0 spiro atoms. The van der Waals surface area contributed by atoms with Crippen molar-refractivity contribution in [3.63, 3.8) is 0 Å². The molecule has 0 aliphatic carbocycles. The summed E-state index contributed by atoms with van der Waals surface area (Å²) >= 11 is 0. The quantitative estimate of drug-likeness (QED) is 0.447. The van der Waals surface area contributed by atoms with E-state index in [-0.39, 0.29) is 0 Å². The Kier molecular flexibility index (Phi) is 4.91. The van der Waals surface area contributed by atoms with Gasteiger partial charge < -0.3 is 14.6 Å². The lowest BCUT2D eigenvalue weighted by Gasteiger charge is -2.10. The maximum Gasteiger partial charge on any atom is 0.488 e. The van der Waals surface area contributed by atoms with Crippen LogP contribution in [0.4, 0.5) is 0 Å². The molecule has 0 amide bonds. The second-order valence-electron chi connectivity index (χ2n) is 6.50. The molecule has 0 saturated carbocycles. The lowest BCUT2D eigenvalue weighted by atomic mass is 9.80. The third-order valence-corrected chi connectivity index (χ3v) is 5.01. The maximum atomic E-state index is 9.38. The Balaban J connectivity index is 0.000000932. The molecule has 4 heteroatoms. The van der Waals surface area contributed by atoms with E-state index in [1.54, 1.807) is 12.1 Å². The first kappa shape index (κ1) is 18.3. The van der Waals surface area contributed by atoms with Crippen molar-refractivity contribution >= 4 is 45.2 Å². The standard InChI is InChI=1S/C22H16BNO2.C2H6/c25-23(26)16-10-12-17(13-11-16)24-21-8-4-3-7-19(21)20-14-9-15-5-1-2-6-18(15)22(20)24;1-2/h1-14,25-26H;1-2H3. The summed E-state index contributed by atoms with van der Waals surface area (Å²) in [5, 5.41) is 23.6. The molecule has 4 aromatic carbocycles. The van der Waals surface area contributed by atoms with Crippen LogP contribution >= 0.6 is 0 Å². The second-order valence-corrected chi connectivity index (χ2v) is 6.50. The summed E-state index contributed by atoms with van der Waals surface area (Å²) in [7, 11) is -1.46. The lowest BCUT2D eigenvalue weighted by Crippen LogP contribution is -2.29. The summed E-state index contributed by atoms with van der Waals surface area (Å²) in [5.41, 5.74) is 3.79. The minimum Gasteiger partial charge on any atom is -0.423 e. The number of hydrogen-bond acceptors (Lipinski definition) is 2. The van der Waals surface area contributed by atoms with Crippen molar-refractivity contribution in [2.75, 3.05) is 0 Å². The number of hydrogen-bond donors (Lipinski definition) is 2. The van der Waals surface area contributed by atoms with Crippen molar-refractivity contribution in [2.45, 2.75) is 13.8 Å². The van der Waals surface area contributed by atoms with E-state index in [4.69, 9.17) is 0 Å². The molecule has 5 aromatic rings. The van der Waals surface area contributed by atoms with Gasteiger partial charge in [0.2, 0.25) is 0 Å². The van der Waals surface area contributed by atoms with Crippen molar-refractivity contribution in [3.05, 3.63) is 84.9 Å². The van der Waals surface area contributed by atoms with Crippen LogP contribution in [-0.4, -0.2) is 21.7 Å². The zero-order valence-electron chi connectivity index (χ0n) is 16.0. The van der Waals surface area contributed by atoms with E-state index in [1.165, 1.54) is 27.1 Å². The number of nitrogens with zero attached hydrogens (tertiary/aromatic N) is 1. The van der Waals surface area contributed by atoms with Crippen LogP contribution in [0.1, 0.15) is 13.8 Å². The van der Waals surface area contributed by atoms with Gasteiger partial charge in [0.1, 0.15) is 0 Å². The van der Waals surface area contributed by atoms with Gasteiger partial charge in [0.25, 0.3) is 0 Å². The van der Waals surface area contributed by atoms with Gasteiger partial charge >= 0.3 is 7.12 Å². The van der Waals surface area contributed by atoms with E-state index in [9.17, 15) is 10.0 Å². The molecular formula is C24H22BNO2. The van der Waals surface area contributed by atoms with Crippen LogP contribution in [0.2, 0.25) is 0 Å². The van der Waals surface area contributed by atoms with E-state index in [1.807, 2.05) is 32.0 Å². The SMILES string of the molecule is CC.OB(O)c1ccc(-n2c3ccccc3c3ccc4ccccc4c32)cc1. The number of para-hydroxylation sites is 1. The molecule has 0 aliphatic heterocycles. The Bertz CT molecular complexity index is 1260. The molecule has 28 heavy (non-hydrogen) atoms. The highest BCUT2D eigenvalue weighted by Gasteiger charge is 2.15. The monoisotopic (exact) mass is 367 g/mol. The number of rotatable bonds is 2. The molecule has 0 atom stereocenters. The highest BCUT2D eigenvalue weighted by atomic mass is 16.4. The Labute approximate surface area is 164 Å². The van der Waals surface area contributed by atoms with Crippen molar-refractivity contribution in [2.24, 2.45) is 0 Å². The largest absolute Gasteiger partial charge is 0.488 e. The minimum atomic E-state index is -1.46. The van der Waals surface area contributed by atoms with Gasteiger partial charge in [-0.1, -0.05) is 80.6 Å². The van der Waals surface area contributed by atoms with E-state index in [2.05, 4.69) is 59.2 Å². The predicted octanol–water partition coefficient (Wildman–Crippen LogP) is 4.64. The van der Waals surface area contributed by atoms with Crippen LogP contribution in [0, 0.1) is 0 Å². The fraction of sp³-hybridized carbons (Fsp3) is 0.0833.